The summed E-state index contributed by atoms with van der Waals surface area (Å²) in [5.74, 6) is -0.0804. The van der Waals surface area contributed by atoms with Crippen LogP contribution < -0.4 is 10.1 Å². The average Bonchev–Trinajstić information content (AvgIpc) is 3.21. The number of aromatic nitrogens is 1. The number of amides is 2. The molecule has 0 aliphatic carbocycles. The Morgan fingerprint density at radius 3 is 2.81 bits per heavy atom. The molecular weight excluding hydrogens is 400 g/mol. The maximum absolute atomic E-state index is 13.0. The normalized spacial score (nSPS) is 15.7. The van der Waals surface area contributed by atoms with Crippen LogP contribution >= 0.6 is 0 Å². The molecule has 9 heteroatoms. The number of hydrogen-bond donors (Lipinski definition) is 1. The van der Waals surface area contributed by atoms with Gasteiger partial charge in [0.1, 0.15) is 6.04 Å². The number of ether oxygens (including phenoxy) is 1. The van der Waals surface area contributed by atoms with E-state index in [0.29, 0.717) is 36.4 Å². The molecule has 1 N–H and O–H groups in total. The molecule has 1 saturated heterocycles. The monoisotopic (exact) mass is 426 g/mol. The van der Waals surface area contributed by atoms with Crippen molar-refractivity contribution >= 4 is 17.5 Å². The molecule has 0 bridgehead atoms. The third-order valence-electron chi connectivity index (χ3n) is 5.11. The highest BCUT2D eigenvalue weighted by Gasteiger charge is 2.34. The first-order valence-electron chi connectivity index (χ1n) is 10.2. The molecule has 164 valence electrons. The van der Waals surface area contributed by atoms with Crippen molar-refractivity contribution in [2.24, 2.45) is 0 Å². The van der Waals surface area contributed by atoms with E-state index in [1.165, 1.54) is 23.1 Å². The van der Waals surface area contributed by atoms with Gasteiger partial charge in [-0.05, 0) is 51.8 Å². The number of carbonyl (C=O) groups excluding carboxylic acids is 2. The summed E-state index contributed by atoms with van der Waals surface area (Å²) in [6, 6.07) is 7.28. The Labute approximate surface area is 180 Å². The van der Waals surface area contributed by atoms with Crippen LogP contribution in [0.25, 0.3) is 0 Å². The number of nitrogens with zero attached hydrogens (tertiary/aromatic N) is 3. The Morgan fingerprint density at radius 2 is 2.13 bits per heavy atom. The van der Waals surface area contributed by atoms with Crippen LogP contribution in [0.1, 0.15) is 48.2 Å². The van der Waals surface area contributed by atoms with Crippen LogP contribution in [0.5, 0.6) is 5.88 Å². The molecule has 1 atom stereocenters. The quantitative estimate of drug-likeness (QED) is 0.538. The Bertz CT molecular complexity index is 992. The Balaban J connectivity index is 1.69. The summed E-state index contributed by atoms with van der Waals surface area (Å²) in [5.41, 5.74) is 1.46. The highest BCUT2D eigenvalue weighted by molar-refractivity contribution is 5.98. The van der Waals surface area contributed by atoms with Crippen LogP contribution in [0.15, 0.2) is 36.5 Å². The van der Waals surface area contributed by atoms with Crippen molar-refractivity contribution in [2.75, 3.05) is 6.54 Å². The van der Waals surface area contributed by atoms with Crippen LogP contribution in [0.3, 0.4) is 0 Å². The van der Waals surface area contributed by atoms with Gasteiger partial charge >= 0.3 is 0 Å². The molecule has 0 spiro atoms. The molecule has 1 unspecified atom stereocenters. The lowest BCUT2D eigenvalue weighted by atomic mass is 10.1. The number of likely N-dealkylation sites (tertiary alicyclic amines) is 1. The lowest BCUT2D eigenvalue weighted by Gasteiger charge is -2.24. The topological polar surface area (TPSA) is 115 Å². The number of hydrogen-bond acceptors (Lipinski definition) is 6. The number of rotatable bonds is 7. The lowest BCUT2D eigenvalue weighted by Crippen LogP contribution is -2.45. The molecule has 31 heavy (non-hydrogen) atoms. The average molecular weight is 426 g/mol. The SMILES string of the molecule is Cc1cc(C(=O)N2CCCC2C(=O)NCc2cccnc2OC(C)C)ccc1[N+](=O)[O-]. The van der Waals surface area contributed by atoms with E-state index in [4.69, 9.17) is 4.74 Å². The molecule has 1 fully saturated rings. The van der Waals surface area contributed by atoms with Gasteiger partial charge in [-0.25, -0.2) is 4.98 Å². The zero-order chi connectivity index (χ0) is 22.5. The Hall–Kier alpha value is -3.49. The van der Waals surface area contributed by atoms with E-state index < -0.39 is 11.0 Å². The van der Waals surface area contributed by atoms with Gasteiger partial charge < -0.3 is 15.0 Å². The molecule has 1 aromatic heterocycles. The third-order valence-corrected chi connectivity index (χ3v) is 5.11. The number of nitro benzene ring substituents is 1. The van der Waals surface area contributed by atoms with Crippen molar-refractivity contribution in [3.05, 3.63) is 63.3 Å². The molecule has 3 rings (SSSR count). The van der Waals surface area contributed by atoms with E-state index in [1.54, 1.807) is 19.2 Å². The van der Waals surface area contributed by atoms with Crippen LogP contribution in [-0.2, 0) is 11.3 Å². The van der Waals surface area contributed by atoms with E-state index in [2.05, 4.69) is 10.3 Å². The molecule has 9 nitrogen and oxygen atoms in total. The van der Waals surface area contributed by atoms with E-state index in [9.17, 15) is 19.7 Å². The predicted octanol–water partition coefficient (Wildman–Crippen LogP) is 3.01. The molecule has 2 aromatic rings. The number of nitro groups is 1. The van der Waals surface area contributed by atoms with E-state index in [1.807, 2.05) is 19.9 Å². The standard InChI is InChI=1S/C22H26N4O5/c1-14(2)31-21-17(6-4-10-23-21)13-24-20(27)19-7-5-11-25(19)22(28)16-8-9-18(26(29)30)15(3)12-16/h4,6,8-10,12,14,19H,5,7,11,13H2,1-3H3,(H,24,27). The van der Waals surface area contributed by atoms with Gasteiger partial charge in [-0.1, -0.05) is 6.07 Å². The second-order valence-electron chi connectivity index (χ2n) is 7.77. The van der Waals surface area contributed by atoms with Crippen molar-refractivity contribution in [2.45, 2.75) is 52.3 Å². The minimum absolute atomic E-state index is 0.0387. The molecule has 2 heterocycles. The minimum atomic E-state index is -0.589. The molecule has 0 saturated carbocycles. The van der Waals surface area contributed by atoms with Crippen molar-refractivity contribution in [1.82, 2.24) is 15.2 Å². The zero-order valence-corrected chi connectivity index (χ0v) is 17.8. The fourth-order valence-corrected chi connectivity index (χ4v) is 3.63. The largest absolute Gasteiger partial charge is 0.475 e. The van der Waals surface area contributed by atoms with E-state index >= 15 is 0 Å². The van der Waals surface area contributed by atoms with Gasteiger partial charge in [0, 0.05) is 42.0 Å². The zero-order valence-electron chi connectivity index (χ0n) is 17.8. The Morgan fingerprint density at radius 1 is 1.35 bits per heavy atom. The summed E-state index contributed by atoms with van der Waals surface area (Å²) in [4.78, 5) is 42.1. The van der Waals surface area contributed by atoms with Gasteiger partial charge in [-0.3, -0.25) is 19.7 Å². The number of nitrogens with one attached hydrogen (secondary N) is 1. The van der Waals surface area contributed by atoms with Crippen molar-refractivity contribution in [1.29, 1.82) is 0 Å². The molecular formula is C22H26N4O5. The summed E-state index contributed by atoms with van der Waals surface area (Å²) in [7, 11) is 0. The minimum Gasteiger partial charge on any atom is -0.475 e. The van der Waals surface area contributed by atoms with E-state index in [-0.39, 0.29) is 30.2 Å². The van der Waals surface area contributed by atoms with Gasteiger partial charge in [0.25, 0.3) is 11.6 Å². The smallest absolute Gasteiger partial charge is 0.272 e. The summed E-state index contributed by atoms with van der Waals surface area (Å²) in [6.45, 7) is 6.09. The third kappa shape index (κ3) is 5.17. The van der Waals surface area contributed by atoms with E-state index in [0.717, 1.165) is 5.56 Å². The number of carbonyl (C=O) groups is 2. The summed E-state index contributed by atoms with van der Waals surface area (Å²) in [6.07, 6.45) is 2.86. The van der Waals surface area contributed by atoms with Crippen LogP contribution in [-0.4, -0.2) is 45.3 Å². The molecule has 1 aliphatic heterocycles. The van der Waals surface area contributed by atoms with Crippen molar-refractivity contribution < 1.29 is 19.2 Å². The molecule has 1 aromatic carbocycles. The maximum Gasteiger partial charge on any atom is 0.272 e. The highest BCUT2D eigenvalue weighted by atomic mass is 16.6. The van der Waals surface area contributed by atoms with Gasteiger partial charge in [0.05, 0.1) is 11.0 Å². The summed E-state index contributed by atoms with van der Waals surface area (Å²) < 4.78 is 5.68. The predicted molar refractivity (Wildman–Crippen MR) is 114 cm³/mol. The molecule has 1 aliphatic rings. The van der Waals surface area contributed by atoms with Crippen LogP contribution in [0.2, 0.25) is 0 Å². The van der Waals surface area contributed by atoms with Gasteiger partial charge in [-0.15, -0.1) is 0 Å². The Kier molecular flexibility index (Phi) is 6.84. The second-order valence-corrected chi connectivity index (χ2v) is 7.77. The molecule has 2 amide bonds. The summed E-state index contributed by atoms with van der Waals surface area (Å²) >= 11 is 0. The van der Waals surface area contributed by atoms with Gasteiger partial charge in [0.2, 0.25) is 11.8 Å². The maximum atomic E-state index is 13.0. The summed E-state index contributed by atoms with van der Waals surface area (Å²) in [5, 5.41) is 13.9. The fraction of sp³-hybridized carbons (Fsp3) is 0.409. The van der Waals surface area contributed by atoms with Gasteiger partial charge in [0.15, 0.2) is 0 Å². The number of aryl methyl sites for hydroxylation is 1. The number of benzene rings is 1. The lowest BCUT2D eigenvalue weighted by molar-refractivity contribution is -0.385. The van der Waals surface area contributed by atoms with Crippen molar-refractivity contribution in [3.63, 3.8) is 0 Å². The first kappa shape index (κ1) is 22.2. The first-order chi connectivity index (χ1) is 14.8. The first-order valence-corrected chi connectivity index (χ1v) is 10.2. The second kappa shape index (κ2) is 9.55. The molecule has 0 radical (unpaired) electrons. The highest BCUT2D eigenvalue weighted by Crippen LogP contribution is 2.24. The number of pyridine rings is 1. The van der Waals surface area contributed by atoms with Gasteiger partial charge in [-0.2, -0.15) is 0 Å². The van der Waals surface area contributed by atoms with Crippen LogP contribution in [0, 0.1) is 17.0 Å². The van der Waals surface area contributed by atoms with Crippen molar-refractivity contribution in [3.8, 4) is 5.88 Å². The van der Waals surface area contributed by atoms with Crippen LogP contribution in [0.4, 0.5) is 5.69 Å². The fourth-order valence-electron chi connectivity index (χ4n) is 3.63.